The molecule has 18 heavy (non-hydrogen) atoms. The number of aromatic amines is 1. The van der Waals surface area contributed by atoms with E-state index in [-0.39, 0.29) is 12.0 Å². The maximum Gasteiger partial charge on any atom is 0.228 e. The fourth-order valence-electron chi connectivity index (χ4n) is 2.19. The Morgan fingerprint density at radius 3 is 3.22 bits per heavy atom. The van der Waals surface area contributed by atoms with Crippen molar-refractivity contribution in [1.29, 1.82) is 0 Å². The van der Waals surface area contributed by atoms with Crippen LogP contribution in [-0.2, 0) is 16.0 Å². The molecule has 1 aromatic rings. The van der Waals surface area contributed by atoms with E-state index in [1.807, 2.05) is 6.07 Å². The van der Waals surface area contributed by atoms with Crippen molar-refractivity contribution in [2.75, 3.05) is 11.9 Å². The van der Waals surface area contributed by atoms with E-state index in [2.05, 4.69) is 22.4 Å². The molecule has 2 heterocycles. The lowest BCUT2D eigenvalue weighted by atomic mass is 10.1. The van der Waals surface area contributed by atoms with Crippen molar-refractivity contribution in [3.63, 3.8) is 0 Å². The van der Waals surface area contributed by atoms with E-state index in [9.17, 15) is 4.79 Å². The van der Waals surface area contributed by atoms with Crippen molar-refractivity contribution in [2.24, 2.45) is 0 Å². The van der Waals surface area contributed by atoms with Crippen LogP contribution in [-0.4, -0.2) is 28.8 Å². The molecule has 5 heteroatoms. The number of aromatic nitrogens is 2. The summed E-state index contributed by atoms with van der Waals surface area (Å²) in [4.78, 5) is 11.8. The molecule has 100 valence electrons. The van der Waals surface area contributed by atoms with Gasteiger partial charge in [0.05, 0.1) is 12.5 Å². The minimum Gasteiger partial charge on any atom is -0.378 e. The van der Waals surface area contributed by atoms with Gasteiger partial charge in [-0.05, 0) is 25.7 Å². The molecule has 1 aliphatic heterocycles. The molecule has 0 saturated carbocycles. The third-order valence-corrected chi connectivity index (χ3v) is 3.10. The van der Waals surface area contributed by atoms with E-state index in [1.165, 1.54) is 0 Å². The molecule has 5 nitrogen and oxygen atoms in total. The van der Waals surface area contributed by atoms with Crippen LogP contribution in [0.4, 0.5) is 5.82 Å². The molecule has 0 spiro atoms. The second-order valence-electron chi connectivity index (χ2n) is 4.77. The highest BCUT2D eigenvalue weighted by Gasteiger charge is 2.18. The Bertz CT molecular complexity index is 383. The predicted octanol–water partition coefficient (Wildman–Crippen LogP) is 2.26. The first kappa shape index (κ1) is 13.1. The largest absolute Gasteiger partial charge is 0.378 e. The summed E-state index contributed by atoms with van der Waals surface area (Å²) < 4.78 is 5.54. The number of ether oxygens (including phenoxy) is 1. The summed E-state index contributed by atoms with van der Waals surface area (Å²) in [6.45, 7) is 2.89. The maximum atomic E-state index is 11.8. The number of hydrogen-bond donors (Lipinski definition) is 2. The predicted molar refractivity (Wildman–Crippen MR) is 69.4 cm³/mol. The second kappa shape index (κ2) is 6.54. The molecule has 1 atom stereocenters. The van der Waals surface area contributed by atoms with Gasteiger partial charge >= 0.3 is 0 Å². The van der Waals surface area contributed by atoms with Crippen molar-refractivity contribution in [1.82, 2.24) is 10.2 Å². The number of hydrogen-bond acceptors (Lipinski definition) is 3. The first-order valence-electron chi connectivity index (χ1n) is 6.73. The number of aryl methyl sites for hydroxylation is 1. The zero-order chi connectivity index (χ0) is 12.8. The second-order valence-corrected chi connectivity index (χ2v) is 4.77. The van der Waals surface area contributed by atoms with Gasteiger partial charge in [0.2, 0.25) is 5.91 Å². The normalized spacial score (nSPS) is 19.7. The Kier molecular flexibility index (Phi) is 4.75. The minimum absolute atomic E-state index is 0.0172. The van der Waals surface area contributed by atoms with E-state index < -0.39 is 0 Å². The number of anilines is 1. The first-order chi connectivity index (χ1) is 8.78. The summed E-state index contributed by atoms with van der Waals surface area (Å²) in [6.07, 6.45) is 5.76. The van der Waals surface area contributed by atoms with Gasteiger partial charge in [-0.15, -0.1) is 0 Å². The summed E-state index contributed by atoms with van der Waals surface area (Å²) in [5.74, 6) is 0.593. The Labute approximate surface area is 107 Å². The van der Waals surface area contributed by atoms with Gasteiger partial charge in [0.25, 0.3) is 0 Å². The molecule has 1 unspecified atom stereocenters. The quantitative estimate of drug-likeness (QED) is 0.843. The average molecular weight is 251 g/mol. The topological polar surface area (TPSA) is 67.0 Å². The van der Waals surface area contributed by atoms with E-state index in [4.69, 9.17) is 4.74 Å². The lowest BCUT2D eigenvalue weighted by Gasteiger charge is -2.21. The molecule has 1 saturated heterocycles. The number of nitrogens with zero attached hydrogens (tertiary/aromatic N) is 1. The van der Waals surface area contributed by atoms with Gasteiger partial charge in [-0.3, -0.25) is 9.89 Å². The Morgan fingerprint density at radius 2 is 2.50 bits per heavy atom. The van der Waals surface area contributed by atoms with Gasteiger partial charge in [-0.2, -0.15) is 5.10 Å². The lowest BCUT2D eigenvalue weighted by molar-refractivity contribution is -0.119. The van der Waals surface area contributed by atoms with Crippen LogP contribution >= 0.6 is 0 Å². The number of nitrogens with one attached hydrogen (secondary N) is 2. The lowest BCUT2D eigenvalue weighted by Crippen LogP contribution is -2.25. The third-order valence-electron chi connectivity index (χ3n) is 3.10. The summed E-state index contributed by atoms with van der Waals surface area (Å²) in [7, 11) is 0. The molecule has 2 rings (SSSR count). The van der Waals surface area contributed by atoms with Crippen LogP contribution in [0.15, 0.2) is 6.07 Å². The fraction of sp³-hybridized carbons (Fsp3) is 0.692. The van der Waals surface area contributed by atoms with Gasteiger partial charge in [0, 0.05) is 18.4 Å². The SMILES string of the molecule is CCCc1cc(NC(=O)CC2CCCCO2)n[nH]1. The van der Waals surface area contributed by atoms with Crippen LogP contribution in [0.2, 0.25) is 0 Å². The molecule has 1 fully saturated rings. The molecule has 0 radical (unpaired) electrons. The zero-order valence-corrected chi connectivity index (χ0v) is 10.9. The zero-order valence-electron chi connectivity index (χ0n) is 10.9. The molecule has 1 aliphatic rings. The van der Waals surface area contributed by atoms with E-state index >= 15 is 0 Å². The molecular formula is C13H21N3O2. The third kappa shape index (κ3) is 3.84. The Morgan fingerprint density at radius 1 is 1.61 bits per heavy atom. The summed E-state index contributed by atoms with van der Waals surface area (Å²) in [5.41, 5.74) is 1.06. The van der Waals surface area contributed by atoms with Crippen LogP contribution in [0.3, 0.4) is 0 Å². The molecule has 1 aromatic heterocycles. The van der Waals surface area contributed by atoms with Gasteiger partial charge < -0.3 is 10.1 Å². The van der Waals surface area contributed by atoms with Crippen molar-refractivity contribution in [3.05, 3.63) is 11.8 Å². The van der Waals surface area contributed by atoms with Gasteiger partial charge in [-0.1, -0.05) is 13.3 Å². The van der Waals surface area contributed by atoms with Gasteiger partial charge in [-0.25, -0.2) is 0 Å². The highest BCUT2D eigenvalue weighted by molar-refractivity contribution is 5.90. The van der Waals surface area contributed by atoms with Gasteiger partial charge in [0.1, 0.15) is 0 Å². The number of rotatable bonds is 5. The molecule has 0 aliphatic carbocycles. The Balaban J connectivity index is 1.78. The van der Waals surface area contributed by atoms with Gasteiger partial charge in [0.15, 0.2) is 5.82 Å². The van der Waals surface area contributed by atoms with Crippen LogP contribution < -0.4 is 5.32 Å². The van der Waals surface area contributed by atoms with Crippen molar-refractivity contribution in [2.45, 2.75) is 51.6 Å². The summed E-state index contributed by atoms with van der Waals surface area (Å²) in [5, 5.41) is 9.80. The van der Waals surface area contributed by atoms with E-state index in [1.54, 1.807) is 0 Å². The summed E-state index contributed by atoms with van der Waals surface area (Å²) in [6, 6.07) is 1.89. The summed E-state index contributed by atoms with van der Waals surface area (Å²) >= 11 is 0. The number of H-pyrrole nitrogens is 1. The standard InChI is InChI=1S/C13H21N3O2/c1-2-5-10-8-12(16-15-10)14-13(17)9-11-6-3-4-7-18-11/h8,11H,2-7,9H2,1H3,(H2,14,15,16,17). The highest BCUT2D eigenvalue weighted by atomic mass is 16.5. The van der Waals surface area contributed by atoms with E-state index in [0.29, 0.717) is 12.2 Å². The number of amides is 1. The van der Waals surface area contributed by atoms with Crippen molar-refractivity contribution >= 4 is 11.7 Å². The number of carbonyl (C=O) groups excluding carboxylic acids is 1. The van der Waals surface area contributed by atoms with Crippen LogP contribution in [0.5, 0.6) is 0 Å². The molecular weight excluding hydrogens is 230 g/mol. The van der Waals surface area contributed by atoms with Crippen molar-refractivity contribution in [3.8, 4) is 0 Å². The first-order valence-corrected chi connectivity index (χ1v) is 6.73. The average Bonchev–Trinajstić information content (AvgIpc) is 2.78. The van der Waals surface area contributed by atoms with E-state index in [0.717, 1.165) is 44.4 Å². The van der Waals surface area contributed by atoms with Crippen LogP contribution in [0, 0.1) is 0 Å². The smallest absolute Gasteiger partial charge is 0.228 e. The molecule has 0 bridgehead atoms. The fourth-order valence-corrected chi connectivity index (χ4v) is 2.19. The molecule has 1 amide bonds. The Hall–Kier alpha value is -1.36. The van der Waals surface area contributed by atoms with Crippen LogP contribution in [0.25, 0.3) is 0 Å². The molecule has 0 aromatic carbocycles. The van der Waals surface area contributed by atoms with Crippen LogP contribution in [0.1, 0.15) is 44.7 Å². The maximum absolute atomic E-state index is 11.8. The molecule has 2 N–H and O–H groups in total. The monoisotopic (exact) mass is 251 g/mol. The minimum atomic E-state index is -0.0172. The van der Waals surface area contributed by atoms with Crippen molar-refractivity contribution < 1.29 is 9.53 Å². The number of carbonyl (C=O) groups is 1. The highest BCUT2D eigenvalue weighted by Crippen LogP contribution is 2.16.